The zero-order chi connectivity index (χ0) is 23.4. The van der Waals surface area contributed by atoms with E-state index in [2.05, 4.69) is 5.32 Å². The number of nitrogens with one attached hydrogen (secondary N) is 1. The SMILES string of the molecule is Cn1c(CCN2CCCCC2=O)nc2cc(NC(=O)COc3ccc([N+](=O)[O-])cc3)ccc21. The maximum absolute atomic E-state index is 12.3. The zero-order valence-electron chi connectivity index (χ0n) is 18.3. The first kappa shape index (κ1) is 22.3. The highest BCUT2D eigenvalue weighted by molar-refractivity contribution is 5.94. The number of nitro groups is 1. The highest BCUT2D eigenvalue weighted by atomic mass is 16.6. The van der Waals surface area contributed by atoms with Crippen molar-refractivity contribution in [1.82, 2.24) is 14.5 Å². The van der Waals surface area contributed by atoms with Crippen molar-refractivity contribution >= 4 is 34.2 Å². The van der Waals surface area contributed by atoms with E-state index in [-0.39, 0.29) is 24.1 Å². The van der Waals surface area contributed by atoms with Crippen molar-refractivity contribution in [3.05, 3.63) is 58.4 Å². The molecule has 10 nitrogen and oxygen atoms in total. The molecule has 1 N–H and O–H groups in total. The highest BCUT2D eigenvalue weighted by Gasteiger charge is 2.19. The van der Waals surface area contributed by atoms with Gasteiger partial charge in [0, 0.05) is 50.8 Å². The van der Waals surface area contributed by atoms with Crippen LogP contribution in [0.1, 0.15) is 25.1 Å². The Kier molecular flexibility index (Phi) is 6.53. The molecule has 0 aliphatic carbocycles. The Balaban J connectivity index is 1.35. The van der Waals surface area contributed by atoms with E-state index in [1.165, 1.54) is 24.3 Å². The van der Waals surface area contributed by atoms with Crippen LogP contribution in [-0.4, -0.2) is 50.9 Å². The van der Waals surface area contributed by atoms with Crippen LogP contribution in [0.25, 0.3) is 11.0 Å². The molecule has 0 spiro atoms. The number of benzene rings is 2. The van der Waals surface area contributed by atoms with E-state index in [1.807, 2.05) is 22.6 Å². The molecule has 0 atom stereocenters. The molecule has 33 heavy (non-hydrogen) atoms. The maximum atomic E-state index is 12.3. The molecule has 3 aromatic rings. The van der Waals surface area contributed by atoms with Gasteiger partial charge >= 0.3 is 0 Å². The average Bonchev–Trinajstić information content (AvgIpc) is 3.12. The number of fused-ring (bicyclic) bond motifs is 1. The second-order valence-corrected chi connectivity index (χ2v) is 7.97. The number of hydrogen-bond donors (Lipinski definition) is 1. The molecule has 0 bridgehead atoms. The van der Waals surface area contributed by atoms with Gasteiger partial charge in [-0.2, -0.15) is 0 Å². The first-order valence-electron chi connectivity index (χ1n) is 10.8. The molecule has 2 amide bonds. The van der Waals surface area contributed by atoms with Gasteiger partial charge in [-0.05, 0) is 43.2 Å². The second-order valence-electron chi connectivity index (χ2n) is 7.97. The summed E-state index contributed by atoms with van der Waals surface area (Å²) in [6.45, 7) is 1.23. The monoisotopic (exact) mass is 451 g/mol. The van der Waals surface area contributed by atoms with Crippen molar-refractivity contribution in [1.29, 1.82) is 0 Å². The van der Waals surface area contributed by atoms with Crippen LogP contribution in [0.3, 0.4) is 0 Å². The predicted octanol–water partition coefficient (Wildman–Crippen LogP) is 3.05. The summed E-state index contributed by atoms with van der Waals surface area (Å²) in [4.78, 5) is 41.1. The van der Waals surface area contributed by atoms with Gasteiger partial charge in [0.25, 0.3) is 11.6 Å². The van der Waals surface area contributed by atoms with E-state index in [0.29, 0.717) is 30.8 Å². The van der Waals surface area contributed by atoms with Gasteiger partial charge in [0.15, 0.2) is 6.61 Å². The van der Waals surface area contributed by atoms with Crippen LogP contribution in [0.15, 0.2) is 42.5 Å². The number of carbonyl (C=O) groups excluding carboxylic acids is 2. The van der Waals surface area contributed by atoms with E-state index in [9.17, 15) is 19.7 Å². The van der Waals surface area contributed by atoms with E-state index >= 15 is 0 Å². The molecule has 0 radical (unpaired) electrons. The van der Waals surface area contributed by atoms with Crippen LogP contribution in [-0.2, 0) is 23.1 Å². The number of anilines is 1. The van der Waals surface area contributed by atoms with Crippen LogP contribution in [0, 0.1) is 10.1 Å². The van der Waals surface area contributed by atoms with E-state index in [1.54, 1.807) is 12.1 Å². The quantitative estimate of drug-likeness (QED) is 0.415. The Hall–Kier alpha value is -3.95. The van der Waals surface area contributed by atoms with Gasteiger partial charge in [-0.3, -0.25) is 19.7 Å². The minimum Gasteiger partial charge on any atom is -0.484 e. The van der Waals surface area contributed by atoms with Gasteiger partial charge in [0.1, 0.15) is 11.6 Å². The van der Waals surface area contributed by atoms with Gasteiger partial charge in [-0.15, -0.1) is 0 Å². The summed E-state index contributed by atoms with van der Waals surface area (Å²) in [7, 11) is 1.94. The van der Waals surface area contributed by atoms with Gasteiger partial charge in [-0.1, -0.05) is 0 Å². The smallest absolute Gasteiger partial charge is 0.269 e. The van der Waals surface area contributed by atoms with Crippen molar-refractivity contribution in [2.45, 2.75) is 25.7 Å². The van der Waals surface area contributed by atoms with Crippen molar-refractivity contribution in [3.8, 4) is 5.75 Å². The van der Waals surface area contributed by atoms with Crippen molar-refractivity contribution in [2.75, 3.05) is 25.0 Å². The zero-order valence-corrected chi connectivity index (χ0v) is 18.3. The summed E-state index contributed by atoms with van der Waals surface area (Å²) in [6.07, 6.45) is 3.31. The summed E-state index contributed by atoms with van der Waals surface area (Å²) in [5, 5.41) is 13.5. The standard InChI is InChI=1S/C23H25N5O5/c1-26-20-10-5-16(24-22(29)15-33-18-8-6-17(7-9-18)28(31)32)14-19(20)25-21(26)11-13-27-12-3-2-4-23(27)30/h5-10,14H,2-4,11-13,15H2,1H3,(H,24,29). The molecule has 4 rings (SSSR count). The number of aryl methyl sites for hydroxylation is 1. The molecule has 172 valence electrons. The largest absolute Gasteiger partial charge is 0.484 e. The molecule has 1 aromatic heterocycles. The lowest BCUT2D eigenvalue weighted by atomic mass is 10.1. The lowest BCUT2D eigenvalue weighted by Gasteiger charge is -2.26. The van der Waals surface area contributed by atoms with Crippen molar-refractivity contribution in [2.24, 2.45) is 7.05 Å². The third-order valence-corrected chi connectivity index (χ3v) is 5.70. The third-order valence-electron chi connectivity index (χ3n) is 5.70. The number of nitro benzene ring substituents is 1. The number of rotatable bonds is 8. The van der Waals surface area contributed by atoms with Crippen LogP contribution in [0.2, 0.25) is 0 Å². The molecule has 1 fully saturated rings. The van der Waals surface area contributed by atoms with Gasteiger partial charge in [0.05, 0.1) is 16.0 Å². The maximum Gasteiger partial charge on any atom is 0.269 e. The van der Waals surface area contributed by atoms with Crippen LogP contribution < -0.4 is 10.1 Å². The Morgan fingerprint density at radius 1 is 1.21 bits per heavy atom. The number of carbonyl (C=O) groups is 2. The fraction of sp³-hybridized carbons (Fsp3) is 0.348. The molecular weight excluding hydrogens is 426 g/mol. The number of imidazole rings is 1. The molecular formula is C23H25N5O5. The first-order valence-corrected chi connectivity index (χ1v) is 10.8. The molecule has 1 saturated heterocycles. The van der Waals surface area contributed by atoms with E-state index in [0.717, 1.165) is 36.2 Å². The molecule has 0 saturated carbocycles. The number of hydrogen-bond acceptors (Lipinski definition) is 6. The molecule has 1 aliphatic rings. The molecule has 2 heterocycles. The molecule has 10 heteroatoms. The Morgan fingerprint density at radius 3 is 2.73 bits per heavy atom. The Morgan fingerprint density at radius 2 is 2.00 bits per heavy atom. The number of aromatic nitrogens is 2. The third kappa shape index (κ3) is 5.28. The summed E-state index contributed by atoms with van der Waals surface area (Å²) in [5.74, 6) is 1.11. The van der Waals surface area contributed by atoms with Crippen molar-refractivity contribution in [3.63, 3.8) is 0 Å². The number of nitrogens with zero attached hydrogens (tertiary/aromatic N) is 4. The first-order chi connectivity index (χ1) is 15.9. The summed E-state index contributed by atoms with van der Waals surface area (Å²) >= 11 is 0. The minimum atomic E-state index is -0.497. The lowest BCUT2D eigenvalue weighted by Crippen LogP contribution is -2.36. The van der Waals surface area contributed by atoms with Crippen LogP contribution in [0.4, 0.5) is 11.4 Å². The number of ether oxygens (including phenoxy) is 1. The van der Waals surface area contributed by atoms with Crippen LogP contribution >= 0.6 is 0 Å². The normalized spacial score (nSPS) is 13.8. The topological polar surface area (TPSA) is 120 Å². The number of non-ortho nitro benzene ring substituents is 1. The predicted molar refractivity (Wildman–Crippen MR) is 122 cm³/mol. The highest BCUT2D eigenvalue weighted by Crippen LogP contribution is 2.21. The van der Waals surface area contributed by atoms with Gasteiger partial charge < -0.3 is 19.5 Å². The average molecular weight is 451 g/mol. The van der Waals surface area contributed by atoms with Gasteiger partial charge in [-0.25, -0.2) is 4.98 Å². The molecule has 0 unspecified atom stereocenters. The van der Waals surface area contributed by atoms with E-state index in [4.69, 9.17) is 9.72 Å². The van der Waals surface area contributed by atoms with Crippen molar-refractivity contribution < 1.29 is 19.2 Å². The Bertz CT molecular complexity index is 1190. The Labute approximate surface area is 190 Å². The summed E-state index contributed by atoms with van der Waals surface area (Å²) < 4.78 is 7.40. The minimum absolute atomic E-state index is 0.0441. The number of piperidine rings is 1. The summed E-state index contributed by atoms with van der Waals surface area (Å²) in [5.41, 5.74) is 2.25. The fourth-order valence-corrected chi connectivity index (χ4v) is 3.89. The summed E-state index contributed by atoms with van der Waals surface area (Å²) in [6, 6.07) is 11.0. The lowest BCUT2D eigenvalue weighted by molar-refractivity contribution is -0.384. The molecule has 2 aromatic carbocycles. The van der Waals surface area contributed by atoms with Gasteiger partial charge in [0.2, 0.25) is 5.91 Å². The fourth-order valence-electron chi connectivity index (χ4n) is 3.89. The number of amides is 2. The molecule has 1 aliphatic heterocycles. The van der Waals surface area contributed by atoms with Crippen LogP contribution in [0.5, 0.6) is 5.75 Å². The second kappa shape index (κ2) is 9.68. The van der Waals surface area contributed by atoms with E-state index < -0.39 is 4.92 Å². The number of likely N-dealkylation sites (tertiary alicyclic amines) is 1.